The molecule has 0 fully saturated rings. The lowest BCUT2D eigenvalue weighted by molar-refractivity contribution is -0.126. The Morgan fingerprint density at radius 1 is 1.21 bits per heavy atom. The fourth-order valence-electron chi connectivity index (χ4n) is 2.79. The molecule has 0 saturated heterocycles. The van der Waals surface area contributed by atoms with E-state index in [-0.39, 0.29) is 42.6 Å². The van der Waals surface area contributed by atoms with E-state index >= 15 is 0 Å². The number of nitrogen functional groups attached to an aromatic ring is 1. The topological polar surface area (TPSA) is 100 Å². The van der Waals surface area contributed by atoms with E-state index in [9.17, 15) is 14.0 Å². The Morgan fingerprint density at radius 3 is 2.48 bits per heavy atom. The average Bonchev–Trinajstić information content (AvgIpc) is 3.11. The van der Waals surface area contributed by atoms with Crippen molar-refractivity contribution >= 4 is 28.3 Å². The third-order valence-corrected chi connectivity index (χ3v) is 5.72. The summed E-state index contributed by atoms with van der Waals surface area (Å²) in [4.78, 5) is 32.0. The van der Waals surface area contributed by atoms with Crippen LogP contribution in [0.4, 0.5) is 9.52 Å². The van der Waals surface area contributed by atoms with E-state index in [2.05, 4.69) is 15.6 Å². The molecular weight excluding hydrogens is 393 g/mol. The van der Waals surface area contributed by atoms with Crippen molar-refractivity contribution in [2.45, 2.75) is 45.3 Å². The van der Waals surface area contributed by atoms with Crippen LogP contribution in [0.1, 0.15) is 37.1 Å². The molecule has 0 aliphatic heterocycles. The Morgan fingerprint density at radius 2 is 1.90 bits per heavy atom. The number of amides is 2. The maximum atomic E-state index is 14.4. The van der Waals surface area contributed by atoms with Crippen LogP contribution in [0, 0.1) is 5.82 Å². The number of rotatable bonds is 9. The monoisotopic (exact) mass is 421 g/mol. The van der Waals surface area contributed by atoms with Crippen molar-refractivity contribution in [3.05, 3.63) is 46.7 Å². The number of aromatic nitrogens is 1. The van der Waals surface area contributed by atoms with Crippen molar-refractivity contribution in [3.8, 4) is 0 Å². The van der Waals surface area contributed by atoms with Crippen LogP contribution < -0.4 is 16.4 Å². The molecule has 0 aliphatic carbocycles. The maximum absolute atomic E-state index is 14.4. The molecule has 0 radical (unpaired) electrons. The molecule has 0 saturated carbocycles. The van der Waals surface area contributed by atoms with E-state index in [4.69, 9.17) is 5.73 Å². The van der Waals surface area contributed by atoms with Crippen LogP contribution in [0.2, 0.25) is 0 Å². The van der Waals surface area contributed by atoms with E-state index in [1.54, 1.807) is 31.3 Å². The third-order valence-electron chi connectivity index (χ3n) is 4.89. The van der Waals surface area contributed by atoms with E-state index in [1.165, 1.54) is 17.4 Å². The van der Waals surface area contributed by atoms with Crippen LogP contribution in [-0.4, -0.2) is 47.4 Å². The Kier molecular flexibility index (Phi) is 8.10. The van der Waals surface area contributed by atoms with Gasteiger partial charge in [-0.15, -0.1) is 11.3 Å². The number of nitrogens with zero attached hydrogens (tertiary/aromatic N) is 2. The number of thiazole rings is 1. The first-order valence-corrected chi connectivity index (χ1v) is 10.2. The van der Waals surface area contributed by atoms with Crippen LogP contribution in [0.15, 0.2) is 30.5 Å². The minimum Gasteiger partial charge on any atom is -0.375 e. The van der Waals surface area contributed by atoms with Gasteiger partial charge >= 0.3 is 0 Å². The fourth-order valence-corrected chi connectivity index (χ4v) is 3.41. The Bertz CT molecular complexity index is 842. The molecule has 1 aromatic heterocycles. The summed E-state index contributed by atoms with van der Waals surface area (Å²) in [5.74, 6) is -1.95. The largest absolute Gasteiger partial charge is 0.375 e. The lowest BCUT2D eigenvalue weighted by Crippen LogP contribution is -2.48. The Balaban J connectivity index is 2.10. The Hall–Kier alpha value is -2.52. The molecule has 0 aliphatic rings. The fraction of sp³-hybridized carbons (Fsp3) is 0.450. The van der Waals surface area contributed by atoms with Gasteiger partial charge in [-0.1, -0.05) is 18.2 Å². The first kappa shape index (κ1) is 22.8. The summed E-state index contributed by atoms with van der Waals surface area (Å²) in [5.41, 5.74) is 5.84. The summed E-state index contributed by atoms with van der Waals surface area (Å²) in [6.45, 7) is 6.00. The molecule has 1 heterocycles. The van der Waals surface area contributed by atoms with Gasteiger partial charge in [0.15, 0.2) is 5.13 Å². The molecule has 9 heteroatoms. The summed E-state index contributed by atoms with van der Waals surface area (Å²) >= 11 is 1.27. The van der Waals surface area contributed by atoms with Crippen molar-refractivity contribution in [2.24, 2.45) is 0 Å². The number of nitrogens with two attached hydrogens (primary N) is 1. The highest BCUT2D eigenvalue weighted by Crippen LogP contribution is 2.20. The maximum Gasteiger partial charge on any atom is 0.237 e. The third kappa shape index (κ3) is 6.23. The molecule has 4 N–H and O–H groups in total. The molecule has 29 heavy (non-hydrogen) atoms. The normalized spacial score (nSPS) is 13.3. The van der Waals surface area contributed by atoms with E-state index in [1.807, 2.05) is 25.8 Å². The van der Waals surface area contributed by atoms with Gasteiger partial charge in [0.1, 0.15) is 5.82 Å². The molecule has 158 valence electrons. The predicted octanol–water partition coefficient (Wildman–Crippen LogP) is 2.11. The van der Waals surface area contributed by atoms with Crippen LogP contribution in [-0.2, 0) is 16.1 Å². The summed E-state index contributed by atoms with van der Waals surface area (Å²) < 4.78 is 14.4. The highest BCUT2D eigenvalue weighted by atomic mass is 32.1. The average molecular weight is 422 g/mol. The number of carbonyl (C=O) groups excluding carboxylic acids is 2. The SMILES string of the molecule is CC(C)N(C)[C@@H](C)C(=O)NC[C@H](C(=O)NCc1cnc(N)s1)c1ccccc1F. The molecule has 0 unspecified atom stereocenters. The van der Waals surface area contributed by atoms with E-state index in [0.717, 1.165) is 4.88 Å². The van der Waals surface area contributed by atoms with Gasteiger partial charge in [0, 0.05) is 29.2 Å². The van der Waals surface area contributed by atoms with E-state index in [0.29, 0.717) is 5.13 Å². The van der Waals surface area contributed by atoms with E-state index < -0.39 is 11.7 Å². The molecule has 2 rings (SSSR count). The van der Waals surface area contributed by atoms with Crippen molar-refractivity contribution in [3.63, 3.8) is 0 Å². The minimum absolute atomic E-state index is 0.00724. The summed E-state index contributed by atoms with van der Waals surface area (Å²) in [6.07, 6.45) is 1.59. The number of benzene rings is 1. The van der Waals surface area contributed by atoms with Crippen LogP contribution in [0.5, 0.6) is 0 Å². The van der Waals surface area contributed by atoms with Gasteiger partial charge in [-0.05, 0) is 33.9 Å². The molecule has 0 bridgehead atoms. The van der Waals surface area contributed by atoms with Gasteiger partial charge in [-0.25, -0.2) is 9.37 Å². The first-order chi connectivity index (χ1) is 13.7. The highest BCUT2D eigenvalue weighted by Gasteiger charge is 2.26. The zero-order chi connectivity index (χ0) is 21.6. The molecule has 1 aromatic carbocycles. The summed E-state index contributed by atoms with van der Waals surface area (Å²) in [6, 6.07) is 5.90. The lowest BCUT2D eigenvalue weighted by atomic mass is 9.97. The van der Waals surface area contributed by atoms with Gasteiger partial charge in [0.2, 0.25) is 11.8 Å². The zero-order valence-corrected chi connectivity index (χ0v) is 17.9. The minimum atomic E-state index is -0.859. The number of hydrogen-bond donors (Lipinski definition) is 3. The molecule has 7 nitrogen and oxygen atoms in total. The van der Waals surface area contributed by atoms with Crippen LogP contribution >= 0.6 is 11.3 Å². The zero-order valence-electron chi connectivity index (χ0n) is 17.1. The van der Waals surface area contributed by atoms with Gasteiger partial charge in [-0.3, -0.25) is 14.5 Å². The molecular formula is C20H28FN5O2S. The number of hydrogen-bond acceptors (Lipinski definition) is 6. The number of nitrogens with one attached hydrogen (secondary N) is 2. The smallest absolute Gasteiger partial charge is 0.237 e. The van der Waals surface area contributed by atoms with Gasteiger partial charge in [0.05, 0.1) is 18.5 Å². The standard InChI is InChI=1S/C20H28FN5O2S/c1-12(2)26(4)13(3)18(27)24-11-16(15-7-5-6-8-17(15)21)19(28)23-9-14-10-25-20(22)29-14/h5-8,10,12-13,16H,9,11H2,1-4H3,(H2,22,25)(H,23,28)(H,24,27)/t13-,16-/m0/s1. The summed E-state index contributed by atoms with van der Waals surface area (Å²) in [7, 11) is 1.86. The molecule has 0 spiro atoms. The van der Waals surface area contributed by atoms with Crippen LogP contribution in [0.25, 0.3) is 0 Å². The quantitative estimate of drug-likeness (QED) is 0.576. The second-order valence-electron chi connectivity index (χ2n) is 7.14. The van der Waals surface area contributed by atoms with Gasteiger partial charge < -0.3 is 16.4 Å². The number of anilines is 1. The van der Waals surface area contributed by atoms with Crippen molar-refractivity contribution < 1.29 is 14.0 Å². The van der Waals surface area contributed by atoms with Gasteiger partial charge in [0.25, 0.3) is 0 Å². The lowest BCUT2D eigenvalue weighted by Gasteiger charge is -2.28. The molecule has 2 amide bonds. The van der Waals surface area contributed by atoms with Crippen molar-refractivity contribution in [2.75, 3.05) is 19.3 Å². The number of halogens is 1. The number of likely N-dealkylation sites (N-methyl/N-ethyl adjacent to an activating group) is 1. The molecule has 2 aromatic rings. The Labute approximate surface area is 174 Å². The highest BCUT2D eigenvalue weighted by molar-refractivity contribution is 7.15. The summed E-state index contributed by atoms with van der Waals surface area (Å²) in [5, 5.41) is 5.98. The second-order valence-corrected chi connectivity index (χ2v) is 8.28. The second kappa shape index (κ2) is 10.3. The number of carbonyl (C=O) groups is 2. The van der Waals surface area contributed by atoms with Gasteiger partial charge in [-0.2, -0.15) is 0 Å². The molecule has 2 atom stereocenters. The van der Waals surface area contributed by atoms with Crippen molar-refractivity contribution in [1.82, 2.24) is 20.5 Å². The predicted molar refractivity (Wildman–Crippen MR) is 113 cm³/mol. The van der Waals surface area contributed by atoms with Crippen LogP contribution in [0.3, 0.4) is 0 Å². The first-order valence-electron chi connectivity index (χ1n) is 9.42. The van der Waals surface area contributed by atoms with Crippen molar-refractivity contribution in [1.29, 1.82) is 0 Å².